The number of hydrogen-bond acceptors (Lipinski definition) is 3. The third kappa shape index (κ3) is 2.94. The standard InChI is InChI=1S/C15H20N2O.ClH/c1-11-14(10-17-8-4-5-12(16)9-17)13-6-2-3-7-15(13)18-11;/h2-3,6-7,12H,4-5,8-10,16H2,1H3;1H. The summed E-state index contributed by atoms with van der Waals surface area (Å²) in [5.41, 5.74) is 8.35. The molecule has 0 radical (unpaired) electrons. The molecule has 2 heterocycles. The Hall–Kier alpha value is -1.03. The van der Waals surface area contributed by atoms with Crippen molar-refractivity contribution in [2.24, 2.45) is 5.73 Å². The van der Waals surface area contributed by atoms with Crippen LogP contribution in [0.5, 0.6) is 0 Å². The zero-order valence-electron chi connectivity index (χ0n) is 11.3. The third-order valence-corrected chi connectivity index (χ3v) is 3.82. The number of halogens is 1. The summed E-state index contributed by atoms with van der Waals surface area (Å²) in [4.78, 5) is 2.44. The highest BCUT2D eigenvalue weighted by Crippen LogP contribution is 2.27. The van der Waals surface area contributed by atoms with E-state index >= 15 is 0 Å². The lowest BCUT2D eigenvalue weighted by Gasteiger charge is -2.30. The summed E-state index contributed by atoms with van der Waals surface area (Å²) >= 11 is 0. The van der Waals surface area contributed by atoms with Gasteiger partial charge in [-0.25, -0.2) is 0 Å². The molecule has 1 saturated heterocycles. The van der Waals surface area contributed by atoms with Gasteiger partial charge in [-0.3, -0.25) is 4.90 Å². The summed E-state index contributed by atoms with van der Waals surface area (Å²) in [5, 5.41) is 1.24. The normalized spacial score (nSPS) is 20.4. The number of hydrogen-bond donors (Lipinski definition) is 1. The van der Waals surface area contributed by atoms with E-state index in [1.54, 1.807) is 0 Å². The first-order valence-electron chi connectivity index (χ1n) is 6.69. The Morgan fingerprint density at radius 1 is 1.37 bits per heavy atom. The molecule has 104 valence electrons. The Labute approximate surface area is 120 Å². The van der Waals surface area contributed by atoms with E-state index in [0.29, 0.717) is 6.04 Å². The maximum Gasteiger partial charge on any atom is 0.134 e. The summed E-state index contributed by atoms with van der Waals surface area (Å²) in [7, 11) is 0. The molecule has 19 heavy (non-hydrogen) atoms. The van der Waals surface area contributed by atoms with Gasteiger partial charge < -0.3 is 10.2 Å². The van der Waals surface area contributed by atoms with Gasteiger partial charge >= 0.3 is 0 Å². The van der Waals surface area contributed by atoms with Gasteiger partial charge in [0.1, 0.15) is 11.3 Å². The Balaban J connectivity index is 0.00000133. The molecule has 2 N–H and O–H groups in total. The summed E-state index contributed by atoms with van der Waals surface area (Å²) in [6.45, 7) is 5.15. The van der Waals surface area contributed by atoms with Crippen molar-refractivity contribution in [2.75, 3.05) is 13.1 Å². The van der Waals surface area contributed by atoms with Crippen LogP contribution in [0.15, 0.2) is 28.7 Å². The first kappa shape index (κ1) is 14.4. The van der Waals surface area contributed by atoms with Gasteiger partial charge in [0.2, 0.25) is 0 Å². The van der Waals surface area contributed by atoms with E-state index < -0.39 is 0 Å². The second-order valence-corrected chi connectivity index (χ2v) is 5.27. The number of fused-ring (bicyclic) bond motifs is 1. The number of likely N-dealkylation sites (tertiary alicyclic amines) is 1. The lowest BCUT2D eigenvalue weighted by Crippen LogP contribution is -2.42. The quantitative estimate of drug-likeness (QED) is 0.919. The van der Waals surface area contributed by atoms with Gasteiger partial charge in [-0.1, -0.05) is 18.2 Å². The first-order chi connectivity index (χ1) is 8.74. The zero-order valence-corrected chi connectivity index (χ0v) is 12.1. The minimum atomic E-state index is 0. The topological polar surface area (TPSA) is 42.4 Å². The highest BCUT2D eigenvalue weighted by molar-refractivity contribution is 5.85. The maximum atomic E-state index is 6.04. The molecule has 1 aromatic heterocycles. The van der Waals surface area contributed by atoms with Crippen LogP contribution in [0.1, 0.15) is 24.2 Å². The van der Waals surface area contributed by atoms with Crippen LogP contribution < -0.4 is 5.73 Å². The van der Waals surface area contributed by atoms with Crippen molar-refractivity contribution in [3.05, 3.63) is 35.6 Å². The molecule has 1 aliphatic heterocycles. The smallest absolute Gasteiger partial charge is 0.134 e. The Bertz CT molecular complexity index is 552. The second kappa shape index (κ2) is 5.95. The number of aryl methyl sites for hydroxylation is 1. The van der Waals surface area contributed by atoms with Gasteiger partial charge in [-0.05, 0) is 32.4 Å². The number of nitrogens with zero attached hydrogens (tertiary/aromatic N) is 1. The molecule has 0 amide bonds. The van der Waals surface area contributed by atoms with Crippen LogP contribution >= 0.6 is 12.4 Å². The lowest BCUT2D eigenvalue weighted by atomic mass is 10.0. The van der Waals surface area contributed by atoms with Gasteiger partial charge in [-0.15, -0.1) is 12.4 Å². The highest BCUT2D eigenvalue weighted by atomic mass is 35.5. The molecular weight excluding hydrogens is 260 g/mol. The van der Waals surface area contributed by atoms with Crippen LogP contribution in [-0.4, -0.2) is 24.0 Å². The lowest BCUT2D eigenvalue weighted by molar-refractivity contribution is 0.201. The Morgan fingerprint density at radius 2 is 2.16 bits per heavy atom. The summed E-state index contributed by atoms with van der Waals surface area (Å²) in [5.74, 6) is 1.04. The van der Waals surface area contributed by atoms with Gasteiger partial charge in [0.15, 0.2) is 0 Å². The van der Waals surface area contributed by atoms with E-state index in [-0.39, 0.29) is 12.4 Å². The maximum absolute atomic E-state index is 6.04. The fraction of sp³-hybridized carbons (Fsp3) is 0.467. The van der Waals surface area contributed by atoms with E-state index in [4.69, 9.17) is 10.2 Å². The van der Waals surface area contributed by atoms with Crippen molar-refractivity contribution in [2.45, 2.75) is 32.4 Å². The van der Waals surface area contributed by atoms with Crippen LogP contribution in [-0.2, 0) is 6.54 Å². The molecule has 0 aliphatic carbocycles. The summed E-state index contributed by atoms with van der Waals surface area (Å²) in [6, 6.07) is 8.60. The van der Waals surface area contributed by atoms with Crippen molar-refractivity contribution >= 4 is 23.4 Å². The van der Waals surface area contributed by atoms with Crippen LogP contribution in [0.3, 0.4) is 0 Å². The van der Waals surface area contributed by atoms with Gasteiger partial charge in [-0.2, -0.15) is 0 Å². The van der Waals surface area contributed by atoms with Gasteiger partial charge in [0.05, 0.1) is 0 Å². The van der Waals surface area contributed by atoms with Crippen molar-refractivity contribution in [1.29, 1.82) is 0 Å². The number of para-hydroxylation sites is 1. The molecule has 1 aromatic carbocycles. The van der Waals surface area contributed by atoms with Crippen molar-refractivity contribution < 1.29 is 4.42 Å². The molecule has 0 bridgehead atoms. The molecular formula is C15H21ClN2O. The van der Waals surface area contributed by atoms with Gasteiger partial charge in [0, 0.05) is 30.1 Å². The Morgan fingerprint density at radius 3 is 2.95 bits per heavy atom. The van der Waals surface area contributed by atoms with E-state index in [1.807, 2.05) is 12.1 Å². The minimum absolute atomic E-state index is 0. The molecule has 1 fully saturated rings. The average Bonchev–Trinajstić information content (AvgIpc) is 2.66. The molecule has 2 aromatic rings. The van der Waals surface area contributed by atoms with E-state index in [2.05, 4.69) is 24.0 Å². The minimum Gasteiger partial charge on any atom is -0.461 e. The largest absolute Gasteiger partial charge is 0.461 e. The molecule has 4 heteroatoms. The molecule has 1 aliphatic rings. The fourth-order valence-corrected chi connectivity index (χ4v) is 2.88. The fourth-order valence-electron chi connectivity index (χ4n) is 2.88. The second-order valence-electron chi connectivity index (χ2n) is 5.27. The Kier molecular flexibility index (Phi) is 4.50. The van der Waals surface area contributed by atoms with Crippen LogP contribution in [0.4, 0.5) is 0 Å². The summed E-state index contributed by atoms with van der Waals surface area (Å²) in [6.07, 6.45) is 2.36. The van der Waals surface area contributed by atoms with Crippen LogP contribution in [0.25, 0.3) is 11.0 Å². The predicted molar refractivity (Wildman–Crippen MR) is 80.7 cm³/mol. The first-order valence-corrected chi connectivity index (χ1v) is 6.69. The molecule has 3 nitrogen and oxygen atoms in total. The number of rotatable bonds is 2. The van der Waals surface area contributed by atoms with E-state index in [9.17, 15) is 0 Å². The molecule has 1 atom stereocenters. The number of benzene rings is 1. The van der Waals surface area contributed by atoms with Crippen molar-refractivity contribution in [3.63, 3.8) is 0 Å². The molecule has 0 spiro atoms. The zero-order chi connectivity index (χ0) is 12.5. The SMILES string of the molecule is Cc1oc2ccccc2c1CN1CCCC(N)C1.Cl. The highest BCUT2D eigenvalue weighted by Gasteiger charge is 2.19. The van der Waals surface area contributed by atoms with Crippen molar-refractivity contribution in [1.82, 2.24) is 4.90 Å². The molecule has 3 rings (SSSR count). The predicted octanol–water partition coefficient (Wildman–Crippen LogP) is 3.09. The van der Waals surface area contributed by atoms with Gasteiger partial charge in [0.25, 0.3) is 0 Å². The monoisotopic (exact) mass is 280 g/mol. The van der Waals surface area contributed by atoms with Crippen molar-refractivity contribution in [3.8, 4) is 0 Å². The summed E-state index contributed by atoms with van der Waals surface area (Å²) < 4.78 is 5.81. The number of furan rings is 1. The molecule has 1 unspecified atom stereocenters. The van der Waals surface area contributed by atoms with Crippen LogP contribution in [0.2, 0.25) is 0 Å². The van der Waals surface area contributed by atoms with Crippen LogP contribution in [0, 0.1) is 6.92 Å². The average molecular weight is 281 g/mol. The van der Waals surface area contributed by atoms with E-state index in [0.717, 1.165) is 37.4 Å². The number of nitrogens with two attached hydrogens (primary N) is 1. The van der Waals surface area contributed by atoms with E-state index in [1.165, 1.54) is 17.4 Å². The number of piperidine rings is 1. The third-order valence-electron chi connectivity index (χ3n) is 3.82. The molecule has 0 saturated carbocycles.